The molecule has 1 aliphatic rings. The summed E-state index contributed by atoms with van der Waals surface area (Å²) in [6.45, 7) is 0.780. The number of rotatable bonds is 7. The Bertz CT molecular complexity index is 373. The minimum absolute atomic E-state index is 0.00780. The number of aryl methyl sites for hydroxylation is 1. The molecule has 98 valence electrons. The van der Waals surface area contributed by atoms with Gasteiger partial charge in [0.1, 0.15) is 0 Å². The largest absolute Gasteiger partial charge is 0.355 e. The van der Waals surface area contributed by atoms with Crippen molar-refractivity contribution in [3.63, 3.8) is 0 Å². The van der Waals surface area contributed by atoms with Gasteiger partial charge in [-0.05, 0) is 30.7 Å². The SMILES string of the molecule is N[C@@H](CCc1ccccc1)C(=O)NCCC1CC1. The topological polar surface area (TPSA) is 55.1 Å². The first-order chi connectivity index (χ1) is 8.75. The highest BCUT2D eigenvalue weighted by molar-refractivity contribution is 5.81. The van der Waals surface area contributed by atoms with E-state index >= 15 is 0 Å². The van der Waals surface area contributed by atoms with E-state index in [4.69, 9.17) is 5.73 Å². The van der Waals surface area contributed by atoms with E-state index in [9.17, 15) is 4.79 Å². The smallest absolute Gasteiger partial charge is 0.236 e. The molecule has 1 amide bonds. The lowest BCUT2D eigenvalue weighted by Gasteiger charge is -2.12. The van der Waals surface area contributed by atoms with Crippen molar-refractivity contribution >= 4 is 5.91 Å². The quantitative estimate of drug-likeness (QED) is 0.771. The van der Waals surface area contributed by atoms with Crippen LogP contribution in [-0.2, 0) is 11.2 Å². The van der Waals surface area contributed by atoms with Crippen molar-refractivity contribution in [3.05, 3.63) is 35.9 Å². The first kappa shape index (κ1) is 13.1. The summed E-state index contributed by atoms with van der Waals surface area (Å²) in [5.41, 5.74) is 7.12. The van der Waals surface area contributed by atoms with Crippen LogP contribution in [0.2, 0.25) is 0 Å². The fourth-order valence-corrected chi connectivity index (χ4v) is 2.04. The van der Waals surface area contributed by atoms with Gasteiger partial charge in [-0.3, -0.25) is 4.79 Å². The van der Waals surface area contributed by atoms with Crippen molar-refractivity contribution in [2.45, 2.75) is 38.1 Å². The average Bonchev–Trinajstić information content (AvgIpc) is 3.21. The van der Waals surface area contributed by atoms with Crippen molar-refractivity contribution < 1.29 is 4.79 Å². The Morgan fingerprint density at radius 2 is 2.06 bits per heavy atom. The van der Waals surface area contributed by atoms with Crippen LogP contribution in [0.4, 0.5) is 0 Å². The molecule has 3 heteroatoms. The number of benzene rings is 1. The Morgan fingerprint density at radius 1 is 1.33 bits per heavy atom. The molecule has 0 radical (unpaired) electrons. The number of carbonyl (C=O) groups is 1. The highest BCUT2D eigenvalue weighted by Gasteiger charge is 2.21. The molecule has 3 nitrogen and oxygen atoms in total. The molecule has 1 atom stereocenters. The van der Waals surface area contributed by atoms with E-state index in [2.05, 4.69) is 17.4 Å². The fourth-order valence-electron chi connectivity index (χ4n) is 2.04. The van der Waals surface area contributed by atoms with Gasteiger partial charge in [0.2, 0.25) is 5.91 Å². The Hall–Kier alpha value is -1.35. The number of hydrogen-bond acceptors (Lipinski definition) is 2. The third-order valence-electron chi connectivity index (χ3n) is 3.47. The summed E-state index contributed by atoms with van der Waals surface area (Å²) < 4.78 is 0. The van der Waals surface area contributed by atoms with Gasteiger partial charge in [-0.25, -0.2) is 0 Å². The standard InChI is InChI=1S/C15H22N2O/c16-14(9-8-12-4-2-1-3-5-12)15(18)17-11-10-13-6-7-13/h1-5,13-14H,6-11,16H2,(H,17,18)/t14-/m0/s1. The maximum Gasteiger partial charge on any atom is 0.236 e. The number of nitrogens with two attached hydrogens (primary N) is 1. The molecular formula is C15H22N2O. The Labute approximate surface area is 109 Å². The predicted molar refractivity (Wildman–Crippen MR) is 73.1 cm³/mol. The molecule has 1 aromatic carbocycles. The first-order valence-electron chi connectivity index (χ1n) is 6.83. The molecule has 0 aromatic heterocycles. The number of carbonyl (C=O) groups excluding carboxylic acids is 1. The molecule has 0 spiro atoms. The number of amides is 1. The minimum Gasteiger partial charge on any atom is -0.355 e. The molecule has 0 saturated heterocycles. The van der Waals surface area contributed by atoms with Crippen molar-refractivity contribution in [3.8, 4) is 0 Å². The molecule has 1 saturated carbocycles. The molecule has 2 rings (SSSR count). The molecule has 0 unspecified atom stereocenters. The summed E-state index contributed by atoms with van der Waals surface area (Å²) in [6.07, 6.45) is 5.33. The Balaban J connectivity index is 1.63. The van der Waals surface area contributed by atoms with Crippen molar-refractivity contribution in [2.75, 3.05) is 6.54 Å². The zero-order valence-electron chi connectivity index (χ0n) is 10.8. The second-order valence-corrected chi connectivity index (χ2v) is 5.15. The second-order valence-electron chi connectivity index (χ2n) is 5.15. The van der Waals surface area contributed by atoms with Gasteiger partial charge in [0.05, 0.1) is 6.04 Å². The summed E-state index contributed by atoms with van der Waals surface area (Å²) in [5, 5.41) is 2.93. The molecule has 1 fully saturated rings. The second kappa shape index (κ2) is 6.55. The summed E-state index contributed by atoms with van der Waals surface area (Å²) in [4.78, 5) is 11.7. The third-order valence-corrected chi connectivity index (χ3v) is 3.47. The van der Waals surface area contributed by atoms with E-state index in [1.165, 1.54) is 18.4 Å². The predicted octanol–water partition coefficient (Wildman–Crippen LogP) is 1.86. The summed E-state index contributed by atoms with van der Waals surface area (Å²) in [5.74, 6) is 0.845. The van der Waals surface area contributed by atoms with E-state index in [0.29, 0.717) is 6.42 Å². The number of hydrogen-bond donors (Lipinski definition) is 2. The van der Waals surface area contributed by atoms with Crippen LogP contribution in [0.3, 0.4) is 0 Å². The lowest BCUT2D eigenvalue weighted by Crippen LogP contribution is -2.41. The molecular weight excluding hydrogens is 224 g/mol. The van der Waals surface area contributed by atoms with Crippen LogP contribution in [-0.4, -0.2) is 18.5 Å². The average molecular weight is 246 g/mol. The van der Waals surface area contributed by atoms with Crippen LogP contribution in [0, 0.1) is 5.92 Å². The van der Waals surface area contributed by atoms with Crippen molar-refractivity contribution in [1.82, 2.24) is 5.32 Å². The van der Waals surface area contributed by atoms with E-state index < -0.39 is 0 Å². The van der Waals surface area contributed by atoms with Gasteiger partial charge in [0.25, 0.3) is 0 Å². The maximum atomic E-state index is 11.7. The fraction of sp³-hybridized carbons (Fsp3) is 0.533. The zero-order chi connectivity index (χ0) is 12.8. The van der Waals surface area contributed by atoms with E-state index in [0.717, 1.165) is 25.3 Å². The van der Waals surface area contributed by atoms with Gasteiger partial charge in [-0.1, -0.05) is 43.2 Å². The van der Waals surface area contributed by atoms with Crippen molar-refractivity contribution in [1.29, 1.82) is 0 Å². The highest BCUT2D eigenvalue weighted by atomic mass is 16.2. The van der Waals surface area contributed by atoms with Gasteiger partial charge >= 0.3 is 0 Å². The maximum absolute atomic E-state index is 11.7. The third kappa shape index (κ3) is 4.49. The van der Waals surface area contributed by atoms with Crippen LogP contribution in [0.15, 0.2) is 30.3 Å². The Kier molecular flexibility index (Phi) is 4.76. The van der Waals surface area contributed by atoms with Gasteiger partial charge in [0, 0.05) is 6.54 Å². The van der Waals surface area contributed by atoms with Crippen molar-refractivity contribution in [2.24, 2.45) is 11.7 Å². The molecule has 0 bridgehead atoms. The Morgan fingerprint density at radius 3 is 2.72 bits per heavy atom. The van der Waals surface area contributed by atoms with E-state index in [1.807, 2.05) is 18.2 Å². The van der Waals surface area contributed by atoms with Gasteiger partial charge in [-0.15, -0.1) is 0 Å². The van der Waals surface area contributed by atoms with Gasteiger partial charge in [-0.2, -0.15) is 0 Å². The molecule has 0 aliphatic heterocycles. The molecule has 1 aromatic rings. The van der Waals surface area contributed by atoms with Crippen LogP contribution < -0.4 is 11.1 Å². The van der Waals surface area contributed by atoms with Crippen LogP contribution >= 0.6 is 0 Å². The molecule has 0 heterocycles. The van der Waals surface area contributed by atoms with Crippen LogP contribution in [0.5, 0.6) is 0 Å². The summed E-state index contributed by atoms with van der Waals surface area (Å²) in [6, 6.07) is 9.76. The van der Waals surface area contributed by atoms with Gasteiger partial charge < -0.3 is 11.1 Å². The van der Waals surface area contributed by atoms with Crippen LogP contribution in [0.25, 0.3) is 0 Å². The molecule has 3 N–H and O–H groups in total. The normalized spacial score (nSPS) is 16.3. The molecule has 18 heavy (non-hydrogen) atoms. The lowest BCUT2D eigenvalue weighted by atomic mass is 10.1. The van der Waals surface area contributed by atoms with E-state index in [-0.39, 0.29) is 11.9 Å². The van der Waals surface area contributed by atoms with Gasteiger partial charge in [0.15, 0.2) is 0 Å². The monoisotopic (exact) mass is 246 g/mol. The van der Waals surface area contributed by atoms with E-state index in [1.54, 1.807) is 0 Å². The lowest BCUT2D eigenvalue weighted by molar-refractivity contribution is -0.122. The van der Waals surface area contributed by atoms with Crippen LogP contribution in [0.1, 0.15) is 31.2 Å². The first-order valence-corrected chi connectivity index (χ1v) is 6.83. The molecule has 1 aliphatic carbocycles. The zero-order valence-corrected chi connectivity index (χ0v) is 10.8. The highest BCUT2D eigenvalue weighted by Crippen LogP contribution is 2.31. The summed E-state index contributed by atoms with van der Waals surface area (Å²) in [7, 11) is 0. The minimum atomic E-state index is -0.385. The number of nitrogens with one attached hydrogen (secondary N) is 1. The summed E-state index contributed by atoms with van der Waals surface area (Å²) >= 11 is 0.